The fraction of sp³-hybridized carbons (Fsp3) is 0.286. The van der Waals surface area contributed by atoms with Gasteiger partial charge in [-0.1, -0.05) is 24.3 Å². The van der Waals surface area contributed by atoms with Crippen LogP contribution >= 0.6 is 12.2 Å². The molecule has 1 aromatic carbocycles. The maximum Gasteiger partial charge on any atom is 0.313 e. The first kappa shape index (κ1) is 15.1. The minimum Gasteiger partial charge on any atom is -0.466 e. The molecule has 2 rings (SSSR count). The van der Waals surface area contributed by atoms with Gasteiger partial charge in [-0.25, -0.2) is 0 Å². The zero-order valence-electron chi connectivity index (χ0n) is 11.8. The van der Waals surface area contributed by atoms with Gasteiger partial charge in [-0.15, -0.1) is 0 Å². The monoisotopic (exact) mass is 305 g/mol. The number of benzene rings is 1. The molecule has 0 saturated heterocycles. The zero-order valence-corrected chi connectivity index (χ0v) is 12.6. The first-order chi connectivity index (χ1) is 10.0. The second-order valence-corrected chi connectivity index (χ2v) is 4.73. The van der Waals surface area contributed by atoms with Gasteiger partial charge in [0.1, 0.15) is 6.42 Å². The van der Waals surface area contributed by atoms with Crippen LogP contribution in [0, 0.1) is 4.77 Å². The Morgan fingerprint density at radius 1 is 1.38 bits per heavy atom. The zero-order chi connectivity index (χ0) is 15.4. The molecule has 0 amide bonds. The SMILES string of the molecule is CCOC(=O)CC(=O)c1ccccc1-c1nc(=S)n(C)[nH]1. The van der Waals surface area contributed by atoms with Crippen molar-refractivity contribution >= 4 is 24.0 Å². The van der Waals surface area contributed by atoms with Gasteiger partial charge >= 0.3 is 5.97 Å². The van der Waals surface area contributed by atoms with Crippen LogP contribution in [0.3, 0.4) is 0 Å². The van der Waals surface area contributed by atoms with Crippen molar-refractivity contribution in [2.45, 2.75) is 13.3 Å². The molecule has 0 atom stereocenters. The van der Waals surface area contributed by atoms with Gasteiger partial charge in [0.25, 0.3) is 0 Å². The van der Waals surface area contributed by atoms with E-state index in [2.05, 4.69) is 10.1 Å². The number of hydrogen-bond acceptors (Lipinski definition) is 5. The molecule has 1 N–H and O–H groups in total. The Hall–Kier alpha value is -2.28. The number of ketones is 1. The number of hydrogen-bond donors (Lipinski definition) is 1. The van der Waals surface area contributed by atoms with E-state index in [4.69, 9.17) is 17.0 Å². The van der Waals surface area contributed by atoms with E-state index in [9.17, 15) is 9.59 Å². The number of rotatable bonds is 5. The Morgan fingerprint density at radius 2 is 2.10 bits per heavy atom. The van der Waals surface area contributed by atoms with Gasteiger partial charge in [-0.3, -0.25) is 19.4 Å². The summed E-state index contributed by atoms with van der Waals surface area (Å²) in [6.07, 6.45) is -0.293. The number of aromatic amines is 1. The quantitative estimate of drug-likeness (QED) is 0.397. The average Bonchev–Trinajstić information content (AvgIpc) is 2.79. The van der Waals surface area contributed by atoms with Crippen LogP contribution in [0.15, 0.2) is 24.3 Å². The van der Waals surface area contributed by atoms with E-state index < -0.39 is 5.97 Å². The summed E-state index contributed by atoms with van der Waals surface area (Å²) >= 11 is 5.05. The average molecular weight is 305 g/mol. The van der Waals surface area contributed by atoms with Gasteiger partial charge in [0.05, 0.1) is 6.61 Å². The number of Topliss-reactive ketones (excluding diaryl/α,β-unsaturated/α-hetero) is 1. The topological polar surface area (TPSA) is 77.0 Å². The maximum atomic E-state index is 12.2. The Labute approximate surface area is 126 Å². The molecule has 0 aliphatic rings. The van der Waals surface area contributed by atoms with E-state index in [0.717, 1.165) is 0 Å². The highest BCUT2D eigenvalue weighted by Gasteiger charge is 2.18. The Bertz CT molecular complexity index is 733. The molecule has 0 aliphatic heterocycles. The second kappa shape index (κ2) is 6.45. The molecule has 2 aromatic rings. The van der Waals surface area contributed by atoms with E-state index in [1.807, 2.05) is 0 Å². The van der Waals surface area contributed by atoms with Crippen molar-refractivity contribution in [3.05, 3.63) is 34.6 Å². The fourth-order valence-electron chi connectivity index (χ4n) is 1.89. The van der Waals surface area contributed by atoms with Crippen LogP contribution in [0.4, 0.5) is 0 Å². The smallest absolute Gasteiger partial charge is 0.313 e. The Morgan fingerprint density at radius 3 is 2.71 bits per heavy atom. The van der Waals surface area contributed by atoms with Crippen LogP contribution in [-0.4, -0.2) is 33.1 Å². The van der Waals surface area contributed by atoms with E-state index in [1.54, 1.807) is 42.9 Å². The third-order valence-electron chi connectivity index (χ3n) is 2.86. The van der Waals surface area contributed by atoms with Crippen LogP contribution in [0.25, 0.3) is 11.4 Å². The number of H-pyrrole nitrogens is 1. The molecule has 0 unspecified atom stereocenters. The summed E-state index contributed by atoms with van der Waals surface area (Å²) in [6.45, 7) is 1.95. The Kier molecular flexibility index (Phi) is 4.64. The Balaban J connectivity index is 2.35. The number of carbonyl (C=O) groups excluding carboxylic acids is 2. The number of esters is 1. The summed E-state index contributed by atoms with van der Waals surface area (Å²) in [5, 5.41) is 2.97. The van der Waals surface area contributed by atoms with Gasteiger partial charge < -0.3 is 4.74 Å². The number of nitrogens with zero attached hydrogens (tertiary/aromatic N) is 2. The van der Waals surface area contributed by atoms with Crippen LogP contribution in [-0.2, 0) is 16.6 Å². The molecule has 1 aromatic heterocycles. The predicted octanol–water partition coefficient (Wildman–Crippen LogP) is 2.28. The largest absolute Gasteiger partial charge is 0.466 e. The molecule has 0 fully saturated rings. The molecule has 0 bridgehead atoms. The van der Waals surface area contributed by atoms with Crippen molar-refractivity contribution < 1.29 is 14.3 Å². The summed E-state index contributed by atoms with van der Waals surface area (Å²) in [4.78, 5) is 27.9. The second-order valence-electron chi connectivity index (χ2n) is 4.36. The van der Waals surface area contributed by atoms with Crippen molar-refractivity contribution in [3.8, 4) is 11.4 Å². The van der Waals surface area contributed by atoms with Crippen molar-refractivity contribution in [1.82, 2.24) is 14.8 Å². The third-order valence-corrected chi connectivity index (χ3v) is 3.23. The fourth-order valence-corrected chi connectivity index (χ4v) is 2.03. The van der Waals surface area contributed by atoms with Gasteiger partial charge in [-0.05, 0) is 19.1 Å². The summed E-state index contributed by atoms with van der Waals surface area (Å²) in [5.74, 6) is -0.351. The molecule has 0 radical (unpaired) electrons. The van der Waals surface area contributed by atoms with Crippen LogP contribution in [0.2, 0.25) is 0 Å². The van der Waals surface area contributed by atoms with Gasteiger partial charge in [0.15, 0.2) is 11.6 Å². The molecule has 0 aliphatic carbocycles. The van der Waals surface area contributed by atoms with E-state index in [1.165, 1.54) is 0 Å². The first-order valence-corrected chi connectivity index (χ1v) is 6.85. The van der Waals surface area contributed by atoms with Crippen molar-refractivity contribution in [2.24, 2.45) is 7.05 Å². The minimum atomic E-state index is -0.536. The van der Waals surface area contributed by atoms with E-state index in [0.29, 0.717) is 21.7 Å². The summed E-state index contributed by atoms with van der Waals surface area (Å²) in [6, 6.07) is 6.94. The lowest BCUT2D eigenvalue weighted by Gasteiger charge is -2.06. The number of nitrogens with one attached hydrogen (secondary N) is 1. The van der Waals surface area contributed by atoms with Gasteiger partial charge in [-0.2, -0.15) is 4.98 Å². The molecule has 110 valence electrons. The molecular formula is C14H15N3O3S. The molecule has 7 heteroatoms. The lowest BCUT2D eigenvalue weighted by atomic mass is 10.0. The molecule has 0 spiro atoms. The summed E-state index contributed by atoms with van der Waals surface area (Å²) in [5.41, 5.74) is 1.02. The molecule has 0 saturated carbocycles. The molecular weight excluding hydrogens is 290 g/mol. The van der Waals surface area contributed by atoms with Gasteiger partial charge in [0, 0.05) is 18.2 Å². The van der Waals surface area contributed by atoms with Crippen molar-refractivity contribution in [1.29, 1.82) is 0 Å². The molecule has 6 nitrogen and oxygen atoms in total. The van der Waals surface area contributed by atoms with Crippen LogP contribution < -0.4 is 0 Å². The van der Waals surface area contributed by atoms with Crippen LogP contribution in [0.5, 0.6) is 0 Å². The van der Waals surface area contributed by atoms with E-state index in [-0.39, 0.29) is 18.8 Å². The number of aryl methyl sites for hydroxylation is 1. The van der Waals surface area contributed by atoms with Crippen molar-refractivity contribution in [3.63, 3.8) is 0 Å². The number of ether oxygens (including phenoxy) is 1. The standard InChI is InChI=1S/C14H15N3O3S/c1-3-20-12(19)8-11(18)9-6-4-5-7-10(9)13-15-14(21)17(2)16-13/h4-7H,3,8H2,1-2H3,(H,15,16,21). The van der Waals surface area contributed by atoms with Gasteiger partial charge in [0.2, 0.25) is 4.77 Å². The summed E-state index contributed by atoms with van der Waals surface area (Å²) in [7, 11) is 1.74. The molecule has 21 heavy (non-hydrogen) atoms. The highest BCUT2D eigenvalue weighted by molar-refractivity contribution is 7.71. The minimum absolute atomic E-state index is 0.251. The van der Waals surface area contributed by atoms with Crippen molar-refractivity contribution in [2.75, 3.05) is 6.61 Å². The summed E-state index contributed by atoms with van der Waals surface area (Å²) < 4.78 is 6.77. The van der Waals surface area contributed by atoms with E-state index >= 15 is 0 Å². The predicted molar refractivity (Wildman–Crippen MR) is 79.4 cm³/mol. The number of carbonyl (C=O) groups is 2. The van der Waals surface area contributed by atoms with Crippen LogP contribution in [0.1, 0.15) is 23.7 Å². The maximum absolute atomic E-state index is 12.2. The highest BCUT2D eigenvalue weighted by Crippen LogP contribution is 2.21. The normalized spacial score (nSPS) is 10.4. The third kappa shape index (κ3) is 3.43. The lowest BCUT2D eigenvalue weighted by molar-refractivity contribution is -0.141. The molecule has 1 heterocycles. The highest BCUT2D eigenvalue weighted by atomic mass is 32.1. The number of aromatic nitrogens is 3. The lowest BCUT2D eigenvalue weighted by Crippen LogP contribution is -2.12. The first-order valence-electron chi connectivity index (χ1n) is 6.44.